The van der Waals surface area contributed by atoms with E-state index in [1.165, 1.54) is 6.08 Å². The number of allylic oxidation sites excluding steroid dienone is 3. The molecule has 1 aromatic heterocycles. The molecule has 1 aromatic carbocycles. The van der Waals surface area contributed by atoms with Crippen molar-refractivity contribution in [3.05, 3.63) is 72.0 Å². The highest BCUT2D eigenvalue weighted by molar-refractivity contribution is 5.91. The Hall–Kier alpha value is -4.09. The Bertz CT molecular complexity index is 1740. The van der Waals surface area contributed by atoms with Gasteiger partial charge in [-0.3, -0.25) is 14.6 Å². The van der Waals surface area contributed by atoms with Gasteiger partial charge in [0.25, 0.3) is 0 Å². The first-order valence-electron chi connectivity index (χ1n) is 19.2. The van der Waals surface area contributed by atoms with Gasteiger partial charge in [0.15, 0.2) is 12.1 Å². The minimum atomic E-state index is -1.29. The lowest BCUT2D eigenvalue weighted by molar-refractivity contribution is -0.308. The number of aliphatic hydroxyl groups is 2. The number of fused-ring (bicyclic) bond motifs is 1. The molecule has 12 heteroatoms. The Morgan fingerprint density at radius 3 is 2.55 bits per heavy atom. The minimum absolute atomic E-state index is 0.00548. The Labute approximate surface area is 324 Å². The molecule has 12 nitrogen and oxygen atoms in total. The van der Waals surface area contributed by atoms with E-state index in [-0.39, 0.29) is 25.2 Å². The molecule has 0 unspecified atom stereocenters. The molecular formula is C43H57N3O9. The van der Waals surface area contributed by atoms with Gasteiger partial charge in [-0.05, 0) is 70.5 Å². The van der Waals surface area contributed by atoms with Crippen LogP contribution in [0.3, 0.4) is 0 Å². The molecule has 2 N–H and O–H groups in total. The second kappa shape index (κ2) is 20.7. The topological polar surface area (TPSA) is 169 Å². The maximum atomic E-state index is 13.3. The fourth-order valence-electron chi connectivity index (χ4n) is 7.50. The van der Waals surface area contributed by atoms with E-state index in [0.29, 0.717) is 12.0 Å². The first-order valence-corrected chi connectivity index (χ1v) is 19.2. The monoisotopic (exact) mass is 759 g/mol. The summed E-state index contributed by atoms with van der Waals surface area (Å²) in [6, 6.07) is 11.5. The van der Waals surface area contributed by atoms with Crippen LogP contribution < -0.4 is 0 Å². The van der Waals surface area contributed by atoms with E-state index >= 15 is 0 Å². The number of rotatable bonds is 10. The number of cyclic esters (lactones) is 1. The molecule has 0 amide bonds. The summed E-state index contributed by atoms with van der Waals surface area (Å²) in [6.45, 7) is 9.08. The summed E-state index contributed by atoms with van der Waals surface area (Å²) in [6.07, 6.45) is 4.74. The molecule has 298 valence electrons. The molecule has 2 aromatic rings. The first-order chi connectivity index (χ1) is 26.3. The van der Waals surface area contributed by atoms with Crippen molar-refractivity contribution in [1.29, 1.82) is 5.26 Å². The van der Waals surface area contributed by atoms with Crippen LogP contribution in [0.2, 0.25) is 0 Å². The number of para-hydroxylation sites is 1. The van der Waals surface area contributed by atoms with Crippen molar-refractivity contribution < 1.29 is 43.5 Å². The normalized spacial score (nSPS) is 34.5. The van der Waals surface area contributed by atoms with Gasteiger partial charge in [-0.15, -0.1) is 0 Å². The van der Waals surface area contributed by atoms with E-state index in [4.69, 9.17) is 18.9 Å². The number of hydrogen-bond donors (Lipinski definition) is 2. The molecule has 2 aliphatic heterocycles. The highest BCUT2D eigenvalue weighted by atomic mass is 16.7. The molecule has 2 aliphatic rings. The molecule has 0 radical (unpaired) electrons. The van der Waals surface area contributed by atoms with Crippen molar-refractivity contribution in [3.63, 3.8) is 0 Å². The lowest BCUT2D eigenvalue weighted by Crippen LogP contribution is -2.64. The fraction of sp³-hybridized carbons (Fsp3) is 0.558. The van der Waals surface area contributed by atoms with Gasteiger partial charge in [0.2, 0.25) is 0 Å². The van der Waals surface area contributed by atoms with E-state index in [9.17, 15) is 29.9 Å². The van der Waals surface area contributed by atoms with Crippen molar-refractivity contribution >= 4 is 35.0 Å². The predicted octanol–water partition coefficient (Wildman–Crippen LogP) is 5.22. The van der Waals surface area contributed by atoms with Crippen LogP contribution in [-0.4, -0.2) is 108 Å². The number of likely N-dealkylation sites (N-methyl/N-ethyl adjacent to an activating group) is 1. The summed E-state index contributed by atoms with van der Waals surface area (Å²) in [7, 11) is 3.65. The lowest BCUT2D eigenvalue weighted by Gasteiger charge is -2.48. The van der Waals surface area contributed by atoms with Crippen molar-refractivity contribution in [2.75, 3.05) is 20.7 Å². The average molecular weight is 760 g/mol. The van der Waals surface area contributed by atoms with E-state index in [1.807, 2.05) is 68.4 Å². The van der Waals surface area contributed by atoms with Gasteiger partial charge in [-0.25, -0.2) is 0 Å². The van der Waals surface area contributed by atoms with Crippen LogP contribution in [0.25, 0.3) is 17.0 Å². The number of ketones is 1. The zero-order valence-electron chi connectivity index (χ0n) is 33.0. The van der Waals surface area contributed by atoms with Gasteiger partial charge >= 0.3 is 5.97 Å². The number of nitrogens with zero attached hydrogens (tertiary/aromatic N) is 3. The third-order valence-electron chi connectivity index (χ3n) is 10.7. The number of benzene rings is 1. The zero-order valence-corrected chi connectivity index (χ0v) is 33.0. The number of aromatic nitrogens is 1. The van der Waals surface area contributed by atoms with E-state index < -0.39 is 85.0 Å². The fourth-order valence-corrected chi connectivity index (χ4v) is 7.50. The standard InChI is InChI=1S/C43H57N3O9/c1-8-37-33(24-44)20-26(2)15-16-35(48)27(3)21-32(17-18-47)41(28(4)36(49)23-38(50)54-37)55-43-40(51)39(46(6)7)42(29(5)53-43)52-19-11-12-30-22-31-13-9-10-14-34(31)45-25-30/h9-16,18,20,22,25,27-29,32-33,36-37,39-43,49,51H,8,17,19,21,23H2,1-7H3/b12-11+,16-15+,26-20+/t27-,28+,29-,32+,33-,36-,37-,39-,40-,41-,42-,43+/m1/s1. The third-order valence-corrected chi connectivity index (χ3v) is 10.7. The number of hydrogen-bond acceptors (Lipinski definition) is 12. The quantitative estimate of drug-likeness (QED) is 0.240. The Balaban J connectivity index is 1.57. The van der Waals surface area contributed by atoms with Crippen molar-refractivity contribution in [2.45, 2.75) is 109 Å². The van der Waals surface area contributed by atoms with Crippen molar-refractivity contribution in [1.82, 2.24) is 9.88 Å². The Morgan fingerprint density at radius 2 is 1.85 bits per heavy atom. The number of ether oxygens (including phenoxy) is 4. The van der Waals surface area contributed by atoms with Gasteiger partial charge in [0.05, 0.1) is 49.0 Å². The van der Waals surface area contributed by atoms with E-state index in [1.54, 1.807) is 46.0 Å². The Morgan fingerprint density at radius 1 is 1.11 bits per heavy atom. The van der Waals surface area contributed by atoms with Gasteiger partial charge in [-0.2, -0.15) is 5.26 Å². The maximum absolute atomic E-state index is 13.3. The first kappa shape index (κ1) is 43.6. The second-order valence-corrected chi connectivity index (χ2v) is 15.1. The number of carbonyl (C=O) groups is 3. The SMILES string of the molecule is CC[C@H]1OC(=O)C[C@@H](O)[C@H](C)[C@@H](O[C@@H]2O[C@H](C)[C@@H](OC/C=C/c3cnc4ccccc4c3)[C@H](N(C)C)[C@H]2O)[C@@H](CC=O)C[C@@H](C)C(=O)/C=C/C(C)=C/[C@@H]1C#N. The van der Waals surface area contributed by atoms with Crippen LogP contribution in [-0.2, 0) is 33.3 Å². The molecule has 0 aliphatic carbocycles. The van der Waals surface area contributed by atoms with Crippen molar-refractivity contribution in [2.24, 2.45) is 23.7 Å². The van der Waals surface area contributed by atoms with Gasteiger partial charge in [0, 0.05) is 29.8 Å². The Kier molecular flexibility index (Phi) is 16.4. The summed E-state index contributed by atoms with van der Waals surface area (Å²) < 4.78 is 24.9. The number of pyridine rings is 1. The minimum Gasteiger partial charge on any atom is -0.461 e. The summed E-state index contributed by atoms with van der Waals surface area (Å²) in [4.78, 5) is 45.0. The summed E-state index contributed by atoms with van der Waals surface area (Å²) >= 11 is 0. The highest BCUT2D eigenvalue weighted by Gasteiger charge is 2.48. The third kappa shape index (κ3) is 11.7. The lowest BCUT2D eigenvalue weighted by atomic mass is 9.79. The van der Waals surface area contributed by atoms with Crippen LogP contribution in [0.1, 0.15) is 65.9 Å². The zero-order chi connectivity index (χ0) is 40.2. The van der Waals surface area contributed by atoms with Crippen LogP contribution in [0.15, 0.2) is 66.4 Å². The molecule has 1 fully saturated rings. The number of esters is 1. The molecule has 1 saturated heterocycles. The number of aliphatic hydroxyl groups excluding tert-OH is 2. The number of carbonyl (C=O) groups excluding carboxylic acids is 3. The van der Waals surface area contributed by atoms with Gasteiger partial charge in [0.1, 0.15) is 30.5 Å². The molecule has 3 heterocycles. The predicted molar refractivity (Wildman–Crippen MR) is 208 cm³/mol. The maximum Gasteiger partial charge on any atom is 0.308 e. The molecule has 12 atom stereocenters. The molecule has 0 saturated carbocycles. The van der Waals surface area contributed by atoms with Crippen molar-refractivity contribution in [3.8, 4) is 6.07 Å². The average Bonchev–Trinajstić information content (AvgIpc) is 3.16. The van der Waals surface area contributed by atoms with E-state index in [2.05, 4.69) is 11.1 Å². The van der Waals surface area contributed by atoms with Gasteiger partial charge in [-0.1, -0.05) is 68.8 Å². The summed E-state index contributed by atoms with van der Waals surface area (Å²) in [5, 5.41) is 34.2. The molecule has 4 rings (SSSR count). The molecule has 0 bridgehead atoms. The number of aldehydes is 1. The smallest absolute Gasteiger partial charge is 0.308 e. The van der Waals surface area contributed by atoms with Crippen LogP contribution in [0, 0.1) is 35.0 Å². The number of nitriles is 1. The van der Waals surface area contributed by atoms with E-state index in [0.717, 1.165) is 22.8 Å². The van der Waals surface area contributed by atoms with Crippen LogP contribution in [0.4, 0.5) is 0 Å². The molecular weight excluding hydrogens is 702 g/mol. The summed E-state index contributed by atoms with van der Waals surface area (Å²) in [5.74, 6) is -3.53. The molecule has 55 heavy (non-hydrogen) atoms. The highest BCUT2D eigenvalue weighted by Crippen LogP contribution is 2.35. The largest absolute Gasteiger partial charge is 0.461 e. The van der Waals surface area contributed by atoms with Crippen LogP contribution >= 0.6 is 0 Å². The van der Waals surface area contributed by atoms with Crippen LogP contribution in [0.5, 0.6) is 0 Å². The second-order valence-electron chi connectivity index (χ2n) is 15.1. The summed E-state index contributed by atoms with van der Waals surface area (Å²) in [5.41, 5.74) is 2.49. The van der Waals surface area contributed by atoms with Gasteiger partial charge < -0.3 is 38.9 Å². The molecule has 0 spiro atoms.